The Labute approximate surface area is 956 Å². The van der Waals surface area contributed by atoms with Crippen molar-refractivity contribution >= 4 is 153 Å². The normalized spacial score (nSPS) is 18.1. The van der Waals surface area contributed by atoms with E-state index in [9.17, 15) is 110 Å². The molecule has 0 aliphatic heterocycles. The summed E-state index contributed by atoms with van der Waals surface area (Å²) >= 11 is 0. The Morgan fingerprint density at radius 1 is 0.459 bits per heavy atom. The number of rotatable bonds is 51. The van der Waals surface area contributed by atoms with Gasteiger partial charge in [0.25, 0.3) is 0 Å². The number of benzene rings is 2. The quantitative estimate of drug-likeness (QED) is 0.0148. The van der Waals surface area contributed by atoms with E-state index in [1.54, 1.807) is 38.7 Å². The minimum absolute atomic E-state index is 0. The number of ether oxygens (including phenoxy) is 5. The van der Waals surface area contributed by atoms with Crippen LogP contribution >= 0.6 is 0 Å². The summed E-state index contributed by atoms with van der Waals surface area (Å²) in [6, 6.07) is 14.5. The molecule has 4 aliphatic rings. The van der Waals surface area contributed by atoms with E-state index in [-0.39, 0.29) is 145 Å². The van der Waals surface area contributed by atoms with Crippen LogP contribution in [-0.4, -0.2) is 205 Å². The Bertz CT molecular complexity index is 4820. The fraction of sp³-hybridized carbons (Fsp3) is 0.813. The molecule has 2 aromatic rings. The van der Waals surface area contributed by atoms with Crippen molar-refractivity contribution in [2.24, 2.45) is 39.4 Å². The van der Waals surface area contributed by atoms with Crippen molar-refractivity contribution in [3.8, 4) is 0 Å². The van der Waals surface area contributed by atoms with Gasteiger partial charge in [-0.2, -0.15) is 39.5 Å². The molecule has 6 unspecified atom stereocenters. The van der Waals surface area contributed by atoms with E-state index in [1.165, 1.54) is 56.2 Å². The summed E-state index contributed by atoms with van der Waals surface area (Å²) in [7, 11) is -44.8. The van der Waals surface area contributed by atoms with Gasteiger partial charge in [0.2, 0.25) is 16.4 Å². The van der Waals surface area contributed by atoms with Gasteiger partial charge in [-0.1, -0.05) is 144 Å². The van der Waals surface area contributed by atoms with Crippen LogP contribution in [0.25, 0.3) is 8.25 Å². The molecule has 848 valence electrons. The SMILES string of the molecule is CCC(C)(C)C(=O)OC12CC3CC(C1)CC(C(=O)OC(CS(=O)(=O)[O-])C(F)(F)F)(C3)C2.CCC(C)(C)C(=O)OCCC[Si](O[Si](C)(C)C)(O[Si](C)(C)C)O[Si](C)(C)C.CCC(C)(C)C(=O)OCCOS(=O)(=O)[N-]S(=O)(=O)C(F)(F)F.CCC(C)c1ccc(S(=O)(=O)[N-]S(=O)(=O)C(F)(F)F)cc1.CCC(C)c1ccc([Si](O[Si](C)(C)C)(O[Si](C)(C)C)O[Si](C)(C)C)cc1.CCCCCCCCCOC(=O)C(C)CC.[Ag+].[K+].[Na+]. The molecular weight excluding hydrogens is 2290 g/mol. The van der Waals surface area contributed by atoms with E-state index in [4.69, 9.17) is 38.9 Å². The summed E-state index contributed by atoms with van der Waals surface area (Å²) in [5.74, 6) is -3.52. The van der Waals surface area contributed by atoms with Gasteiger partial charge in [-0.3, -0.25) is 28.2 Å². The van der Waals surface area contributed by atoms with Crippen molar-refractivity contribution in [2.75, 3.05) is 32.2 Å². The summed E-state index contributed by atoms with van der Waals surface area (Å²) in [4.78, 5) is 60.1. The fourth-order valence-electron chi connectivity index (χ4n) is 14.5. The number of hydrogen-bond acceptors (Lipinski definition) is 28. The van der Waals surface area contributed by atoms with Gasteiger partial charge in [-0.05, 0) is 290 Å². The molecule has 4 saturated carbocycles. The number of carbonyl (C=O) groups excluding carboxylic acids is 5. The molecule has 0 aromatic heterocycles. The van der Waals surface area contributed by atoms with Gasteiger partial charge in [0.1, 0.15) is 22.2 Å². The first-order chi connectivity index (χ1) is 64.1. The van der Waals surface area contributed by atoms with Crippen LogP contribution in [0.1, 0.15) is 262 Å². The molecule has 4 fully saturated rings. The molecule has 0 spiro atoms. The average Bonchev–Trinajstić information content (AvgIpc) is 0.710. The second-order valence-corrected chi connectivity index (χ2v) is 86.5. The summed E-state index contributed by atoms with van der Waals surface area (Å²) in [5.41, 5.74) is -13.7. The second-order valence-electron chi connectivity index (χ2n) is 44.7. The molecule has 2 aromatic carbocycles. The Balaban J connectivity index is -0.000000834. The first kappa shape index (κ1) is 152. The standard InChI is InChI=1S/C20H29F3O7S.C19H40O3Si4.C18H44O5Si4.C14H28O2.C11H13F3NO4S2.C9H15F3NO7S2.Ag.K.Na/c1-4-17(2,3)15(24)30-19-8-12-5-13(9-19)7-18(6-12,11-19)16(25)29-14(20(21,22)23)10-31(26,27)28;1-12-17(2)18-13-15-19(16-14-18)26(20-23(3,4)5,21-24(6,7)8)22-25(9,10)11;1-13-18(2,3)17(19)20-15-14-16-27(21-24(4,5)6,22-25(7,8)9)23-26(10,11)12;1-4-6-7-8-9-10-11-12-16-14(15)13(3)5-2;1-3-8(2)9-4-6-10(7-5-9)20(16,17)15-21(18,19)11(12,13)14;1-4-8(2,3)7(14)19-5-6-20-22(17,18)13-21(15,16)9(10,11)12;;;/h12-14H,4-11H2,1-3H3,(H,26,27,28);13-17H,12H2,1-11H3;13-16H2,1-12H3;13H,4-12H2,1-3H3;4-8H,3H2,1-2H3;4-6H2,1-3H3;;;/q;;;;2*-1;3*+1/p-1. The minimum atomic E-state index is -6.23. The maximum absolute atomic E-state index is 13.3. The van der Waals surface area contributed by atoms with Gasteiger partial charge in [0.15, 0.2) is 70.0 Å². The zero-order valence-corrected chi connectivity index (χ0v) is 112. The smallest absolute Gasteiger partial charge is 0.748 e. The molecule has 4 bridgehead atoms. The van der Waals surface area contributed by atoms with Gasteiger partial charge in [0, 0.05) is 22.5 Å². The minimum Gasteiger partial charge on any atom is -0.748 e. The largest absolute Gasteiger partial charge is 1.00 e. The van der Waals surface area contributed by atoms with Gasteiger partial charge in [-0.15, -0.1) is 0 Å². The Morgan fingerprint density at radius 3 is 1.16 bits per heavy atom. The van der Waals surface area contributed by atoms with Crippen molar-refractivity contribution in [1.82, 2.24) is 0 Å². The van der Waals surface area contributed by atoms with Crippen LogP contribution in [0.5, 0.6) is 0 Å². The molecule has 6 atom stereocenters. The third-order valence-corrected chi connectivity index (χ3v) is 52.9. The molecule has 146 heavy (non-hydrogen) atoms. The third-order valence-electron chi connectivity index (χ3n) is 22.9. The Kier molecular flexibility index (Phi) is 64.9. The summed E-state index contributed by atoms with van der Waals surface area (Å²) in [5, 5.41) is 1.12. The number of carbonyl (C=O) groups is 5. The van der Waals surface area contributed by atoms with E-state index in [0.717, 1.165) is 61.4 Å². The van der Waals surface area contributed by atoms with Crippen molar-refractivity contribution in [3.05, 3.63) is 67.9 Å². The van der Waals surface area contributed by atoms with Crippen LogP contribution in [0.4, 0.5) is 39.5 Å². The van der Waals surface area contributed by atoms with Crippen LogP contribution in [0, 0.1) is 39.4 Å². The molecular formula is C91H168AgF9KN2NaO28S5Si8. The zero-order chi connectivity index (χ0) is 112. The van der Waals surface area contributed by atoms with Crippen molar-refractivity contribution in [3.63, 3.8) is 0 Å². The van der Waals surface area contributed by atoms with Crippen LogP contribution in [-0.2, 0) is 149 Å². The van der Waals surface area contributed by atoms with Gasteiger partial charge in [-0.25, -0.2) is 42.1 Å². The number of alkyl halides is 9. The number of nitrogens with zero attached hydrogens (tertiary/aromatic N) is 2. The van der Waals surface area contributed by atoms with Gasteiger partial charge >= 0.3 is 168 Å². The predicted octanol–water partition coefficient (Wildman–Crippen LogP) is 18.0. The number of esters is 5. The number of unbranched alkanes of at least 4 members (excludes halogenated alkanes) is 6. The van der Waals surface area contributed by atoms with Gasteiger partial charge in [0.05, 0.1) is 63.3 Å². The monoisotopic (exact) mass is 2460 g/mol. The molecule has 0 saturated heterocycles. The number of hydrogen-bond donors (Lipinski definition) is 0. The van der Waals surface area contributed by atoms with E-state index in [2.05, 4.69) is 177 Å². The molecule has 4 aliphatic carbocycles. The maximum atomic E-state index is 13.3. The maximum Gasteiger partial charge on any atom is 1.00 e. The van der Waals surface area contributed by atoms with E-state index in [0.29, 0.717) is 70.1 Å². The van der Waals surface area contributed by atoms with Crippen LogP contribution in [0.2, 0.25) is 124 Å². The first-order valence-corrected chi connectivity index (χ1v) is 80.1. The molecule has 0 amide bonds. The molecule has 0 radical (unpaired) electrons. The molecule has 0 heterocycles. The third kappa shape index (κ3) is 57.9. The van der Waals surface area contributed by atoms with Crippen LogP contribution in [0.15, 0.2) is 53.4 Å². The summed E-state index contributed by atoms with van der Waals surface area (Å²) in [6.45, 7) is 69.7. The van der Waals surface area contributed by atoms with E-state index < -0.39 is 210 Å². The summed E-state index contributed by atoms with van der Waals surface area (Å²) < 4.78 is 306. The average molecular weight is 2460 g/mol. The fourth-order valence-corrected chi connectivity index (χ4v) is 47.0. The van der Waals surface area contributed by atoms with Crippen molar-refractivity contribution in [2.45, 2.75) is 409 Å². The first-order valence-electron chi connectivity index (χ1n) is 48.8. The van der Waals surface area contributed by atoms with Crippen molar-refractivity contribution in [1.29, 1.82) is 0 Å². The molecule has 55 heteroatoms. The van der Waals surface area contributed by atoms with E-state index in [1.807, 2.05) is 59.5 Å². The van der Waals surface area contributed by atoms with Crippen LogP contribution < -0.4 is 86.1 Å². The Hall–Kier alpha value is -0.378. The van der Waals surface area contributed by atoms with Crippen LogP contribution in [0.3, 0.4) is 0 Å². The summed E-state index contributed by atoms with van der Waals surface area (Å²) in [6.07, 6.45) is 8.39. The zero-order valence-electron chi connectivity index (χ0n) is 93.0. The second kappa shape index (κ2) is 62.4. The predicted molar refractivity (Wildman–Crippen MR) is 555 cm³/mol. The molecule has 6 rings (SSSR count). The topological polar surface area (TPSA) is 418 Å². The van der Waals surface area contributed by atoms with Gasteiger partial charge < -0.3 is 61.2 Å². The molecule has 0 N–H and O–H groups in total. The van der Waals surface area contributed by atoms with Crippen molar-refractivity contribution < 1.29 is 266 Å². The molecule has 30 nitrogen and oxygen atoms in total. The number of sulfonamides is 3. The number of halogens is 9. The Morgan fingerprint density at radius 2 is 0.815 bits per heavy atom. The van der Waals surface area contributed by atoms with E-state index >= 15 is 0 Å².